The van der Waals surface area contributed by atoms with E-state index in [0.29, 0.717) is 17.1 Å². The highest BCUT2D eigenvalue weighted by atomic mass is 19.1. The third-order valence-electron chi connectivity index (χ3n) is 3.48. The number of nitrogens with one attached hydrogen (secondary N) is 1. The summed E-state index contributed by atoms with van der Waals surface area (Å²) in [5.74, 6) is -0.790. The van der Waals surface area contributed by atoms with Crippen molar-refractivity contribution in [1.82, 2.24) is 0 Å². The van der Waals surface area contributed by atoms with Crippen LogP contribution in [0.1, 0.15) is 33.1 Å². The summed E-state index contributed by atoms with van der Waals surface area (Å²) in [6, 6.07) is 4.29. The standard InChI is InChI=1S/C13H17FN2O2/c1-13(2)6-5-10(8-13)15-9-3-4-12(16(17)18)11(14)7-9/h3-4,7,10,15H,5-6,8H2,1-2H3. The molecule has 1 unspecified atom stereocenters. The van der Waals surface area contributed by atoms with Gasteiger partial charge in [0.1, 0.15) is 0 Å². The molecule has 0 heterocycles. The monoisotopic (exact) mass is 252 g/mol. The van der Waals surface area contributed by atoms with E-state index in [0.717, 1.165) is 19.3 Å². The molecule has 1 saturated carbocycles. The lowest BCUT2D eigenvalue weighted by molar-refractivity contribution is -0.387. The van der Waals surface area contributed by atoms with Gasteiger partial charge in [-0.15, -0.1) is 0 Å². The predicted molar refractivity (Wildman–Crippen MR) is 68.1 cm³/mol. The second-order valence-electron chi connectivity index (χ2n) is 5.67. The van der Waals surface area contributed by atoms with Gasteiger partial charge in [0.2, 0.25) is 5.82 Å². The summed E-state index contributed by atoms with van der Waals surface area (Å²) in [6.45, 7) is 4.43. The fourth-order valence-corrected chi connectivity index (χ4v) is 2.54. The molecular formula is C13H17FN2O2. The summed E-state index contributed by atoms with van der Waals surface area (Å²) >= 11 is 0. The number of nitro benzene ring substituents is 1. The zero-order valence-electron chi connectivity index (χ0n) is 10.6. The molecule has 5 heteroatoms. The van der Waals surface area contributed by atoms with E-state index >= 15 is 0 Å². The molecular weight excluding hydrogens is 235 g/mol. The van der Waals surface area contributed by atoms with E-state index in [1.165, 1.54) is 12.1 Å². The topological polar surface area (TPSA) is 55.2 Å². The maximum absolute atomic E-state index is 13.4. The number of hydrogen-bond donors (Lipinski definition) is 1. The molecule has 1 atom stereocenters. The SMILES string of the molecule is CC1(C)CCC(Nc2ccc([N+](=O)[O-])c(F)c2)C1. The summed E-state index contributed by atoms with van der Waals surface area (Å²) in [7, 11) is 0. The Morgan fingerprint density at radius 3 is 2.72 bits per heavy atom. The fourth-order valence-electron chi connectivity index (χ4n) is 2.54. The molecule has 1 aromatic rings. The number of nitro groups is 1. The zero-order chi connectivity index (χ0) is 13.3. The minimum absolute atomic E-state index is 0.316. The van der Waals surface area contributed by atoms with Crippen molar-refractivity contribution in [3.63, 3.8) is 0 Å². The van der Waals surface area contributed by atoms with E-state index in [1.807, 2.05) is 0 Å². The van der Waals surface area contributed by atoms with Gasteiger partial charge < -0.3 is 5.32 Å². The Morgan fingerprint density at radius 2 is 2.22 bits per heavy atom. The normalized spacial score (nSPS) is 21.8. The predicted octanol–water partition coefficient (Wildman–Crippen LogP) is 3.72. The van der Waals surface area contributed by atoms with Crippen LogP contribution < -0.4 is 5.32 Å². The highest BCUT2D eigenvalue weighted by molar-refractivity contribution is 5.50. The molecule has 1 aromatic carbocycles. The van der Waals surface area contributed by atoms with Gasteiger partial charge in [-0.05, 0) is 30.7 Å². The lowest BCUT2D eigenvalue weighted by Gasteiger charge is -2.18. The first-order valence-corrected chi connectivity index (χ1v) is 6.08. The van der Waals surface area contributed by atoms with Gasteiger partial charge in [-0.25, -0.2) is 0 Å². The Balaban J connectivity index is 2.07. The van der Waals surface area contributed by atoms with Crippen LogP contribution >= 0.6 is 0 Å². The van der Waals surface area contributed by atoms with Crippen molar-refractivity contribution in [1.29, 1.82) is 0 Å². The quantitative estimate of drug-likeness (QED) is 0.658. The van der Waals surface area contributed by atoms with Crippen LogP contribution in [0.2, 0.25) is 0 Å². The maximum atomic E-state index is 13.4. The molecule has 0 aromatic heterocycles. The van der Waals surface area contributed by atoms with Crippen LogP contribution in [0.25, 0.3) is 0 Å². The zero-order valence-corrected chi connectivity index (χ0v) is 10.6. The van der Waals surface area contributed by atoms with Crippen molar-refractivity contribution in [3.05, 3.63) is 34.1 Å². The molecule has 18 heavy (non-hydrogen) atoms. The summed E-state index contributed by atoms with van der Waals surface area (Å²) in [5.41, 5.74) is 0.449. The summed E-state index contributed by atoms with van der Waals surface area (Å²) in [5, 5.41) is 13.7. The number of anilines is 1. The van der Waals surface area contributed by atoms with Crippen LogP contribution in [0.4, 0.5) is 15.8 Å². The minimum atomic E-state index is -0.790. The first-order valence-electron chi connectivity index (χ1n) is 6.08. The number of halogens is 1. The van der Waals surface area contributed by atoms with E-state index in [1.54, 1.807) is 6.07 Å². The lowest BCUT2D eigenvalue weighted by atomic mass is 9.92. The molecule has 1 aliphatic rings. The van der Waals surface area contributed by atoms with E-state index in [2.05, 4.69) is 19.2 Å². The molecule has 0 spiro atoms. The van der Waals surface area contributed by atoms with Crippen LogP contribution in [0.3, 0.4) is 0 Å². The van der Waals surface area contributed by atoms with Crippen LogP contribution in [0, 0.1) is 21.3 Å². The molecule has 2 rings (SSSR count). The van der Waals surface area contributed by atoms with E-state index in [4.69, 9.17) is 0 Å². The van der Waals surface area contributed by atoms with Crippen molar-refractivity contribution in [2.75, 3.05) is 5.32 Å². The molecule has 1 aliphatic carbocycles. The Labute approximate surface area is 105 Å². The van der Waals surface area contributed by atoms with E-state index < -0.39 is 16.4 Å². The maximum Gasteiger partial charge on any atom is 0.304 e. The summed E-state index contributed by atoms with van der Waals surface area (Å²) < 4.78 is 13.4. The number of nitrogens with zero attached hydrogens (tertiary/aromatic N) is 1. The third-order valence-corrected chi connectivity index (χ3v) is 3.48. The minimum Gasteiger partial charge on any atom is -0.382 e. The van der Waals surface area contributed by atoms with Crippen molar-refractivity contribution in [2.24, 2.45) is 5.41 Å². The second kappa shape index (κ2) is 4.55. The van der Waals surface area contributed by atoms with E-state index in [9.17, 15) is 14.5 Å². The molecule has 0 aliphatic heterocycles. The van der Waals surface area contributed by atoms with Crippen LogP contribution in [-0.4, -0.2) is 11.0 Å². The van der Waals surface area contributed by atoms with Gasteiger partial charge in [0.15, 0.2) is 0 Å². The number of benzene rings is 1. The van der Waals surface area contributed by atoms with Crippen LogP contribution in [0.15, 0.2) is 18.2 Å². The Morgan fingerprint density at radius 1 is 1.50 bits per heavy atom. The molecule has 0 saturated heterocycles. The van der Waals surface area contributed by atoms with Crippen molar-refractivity contribution in [2.45, 2.75) is 39.2 Å². The van der Waals surface area contributed by atoms with Gasteiger partial charge in [0, 0.05) is 23.9 Å². The lowest BCUT2D eigenvalue weighted by Crippen LogP contribution is -2.17. The van der Waals surface area contributed by atoms with Gasteiger partial charge in [0.25, 0.3) is 0 Å². The van der Waals surface area contributed by atoms with Gasteiger partial charge in [0.05, 0.1) is 4.92 Å². The Hall–Kier alpha value is -1.65. The fraction of sp³-hybridized carbons (Fsp3) is 0.538. The smallest absolute Gasteiger partial charge is 0.304 e. The van der Waals surface area contributed by atoms with Gasteiger partial charge in [-0.1, -0.05) is 13.8 Å². The van der Waals surface area contributed by atoms with Gasteiger partial charge in [-0.3, -0.25) is 10.1 Å². The summed E-state index contributed by atoms with van der Waals surface area (Å²) in [6.07, 6.45) is 3.22. The van der Waals surface area contributed by atoms with Gasteiger partial charge in [-0.2, -0.15) is 4.39 Å². The largest absolute Gasteiger partial charge is 0.382 e. The first kappa shape index (κ1) is 12.8. The Bertz CT molecular complexity index is 474. The molecule has 0 bridgehead atoms. The molecule has 0 radical (unpaired) electrons. The highest BCUT2D eigenvalue weighted by Gasteiger charge is 2.30. The molecule has 0 amide bonds. The Kier molecular flexibility index (Phi) is 3.24. The van der Waals surface area contributed by atoms with Crippen LogP contribution in [-0.2, 0) is 0 Å². The third kappa shape index (κ3) is 2.78. The second-order valence-corrected chi connectivity index (χ2v) is 5.67. The van der Waals surface area contributed by atoms with E-state index in [-0.39, 0.29) is 0 Å². The number of rotatable bonds is 3. The van der Waals surface area contributed by atoms with Crippen LogP contribution in [0.5, 0.6) is 0 Å². The number of hydrogen-bond acceptors (Lipinski definition) is 3. The van der Waals surface area contributed by atoms with Crippen molar-refractivity contribution >= 4 is 11.4 Å². The first-order chi connectivity index (χ1) is 8.37. The molecule has 4 nitrogen and oxygen atoms in total. The van der Waals surface area contributed by atoms with Crippen molar-refractivity contribution < 1.29 is 9.31 Å². The molecule has 1 fully saturated rings. The molecule has 98 valence electrons. The van der Waals surface area contributed by atoms with Gasteiger partial charge >= 0.3 is 5.69 Å². The summed E-state index contributed by atoms with van der Waals surface area (Å²) in [4.78, 5) is 9.80. The van der Waals surface area contributed by atoms with Crippen molar-refractivity contribution in [3.8, 4) is 0 Å². The molecule has 1 N–H and O–H groups in total. The average molecular weight is 252 g/mol. The highest BCUT2D eigenvalue weighted by Crippen LogP contribution is 2.38. The average Bonchev–Trinajstić information content (AvgIpc) is 2.57.